The van der Waals surface area contributed by atoms with Gasteiger partial charge in [0.05, 0.1) is 0 Å². The largest absolute Gasteiger partial charge is 0.454 e. The Kier molecular flexibility index (Phi) is 4.08. The number of nitrogens with one attached hydrogen (secondary N) is 1. The highest BCUT2D eigenvalue weighted by molar-refractivity contribution is 6.09. The van der Waals surface area contributed by atoms with E-state index in [0.717, 1.165) is 16.8 Å². The van der Waals surface area contributed by atoms with Crippen molar-refractivity contribution in [1.29, 1.82) is 0 Å². The monoisotopic (exact) mass is 350 g/mol. The maximum Gasteiger partial charge on any atom is 0.251 e. The van der Waals surface area contributed by atoms with Crippen molar-refractivity contribution in [2.24, 2.45) is 0 Å². The van der Waals surface area contributed by atoms with Crippen molar-refractivity contribution in [3.63, 3.8) is 0 Å². The summed E-state index contributed by atoms with van der Waals surface area (Å²) in [6, 6.07) is 12.5. The smallest absolute Gasteiger partial charge is 0.251 e. The molecule has 0 saturated carbocycles. The number of fused-ring (bicyclic) bond motifs is 2. The van der Waals surface area contributed by atoms with Gasteiger partial charge in [0.25, 0.3) is 5.91 Å². The van der Waals surface area contributed by atoms with E-state index in [1.54, 1.807) is 18.0 Å². The maximum absolute atomic E-state index is 12.8. The van der Waals surface area contributed by atoms with Gasteiger partial charge in [0.1, 0.15) is 6.04 Å². The van der Waals surface area contributed by atoms with E-state index >= 15 is 0 Å². The minimum Gasteiger partial charge on any atom is -0.454 e. The van der Waals surface area contributed by atoms with Crippen LogP contribution in [0.25, 0.3) is 6.08 Å². The number of nitrogens with zero attached hydrogens (tertiary/aromatic N) is 1. The van der Waals surface area contributed by atoms with Gasteiger partial charge in [-0.05, 0) is 35.4 Å². The molecule has 0 bridgehead atoms. The summed E-state index contributed by atoms with van der Waals surface area (Å²) in [5.41, 5.74) is 2.60. The van der Waals surface area contributed by atoms with Crippen molar-refractivity contribution in [2.45, 2.75) is 12.5 Å². The second-order valence-electron chi connectivity index (χ2n) is 6.12. The van der Waals surface area contributed by atoms with Crippen molar-refractivity contribution < 1.29 is 19.1 Å². The average molecular weight is 350 g/mol. The van der Waals surface area contributed by atoms with Crippen LogP contribution in [0, 0.1) is 0 Å². The Bertz CT molecular complexity index is 906. The third-order valence-corrected chi connectivity index (χ3v) is 4.58. The number of hydrogen-bond donors (Lipinski definition) is 1. The van der Waals surface area contributed by atoms with Crippen LogP contribution in [0.2, 0.25) is 0 Å². The first-order valence-electron chi connectivity index (χ1n) is 8.38. The van der Waals surface area contributed by atoms with Crippen LogP contribution in [0.4, 0.5) is 5.69 Å². The Hall–Kier alpha value is -3.28. The molecule has 2 aromatic carbocycles. The molecule has 0 aliphatic carbocycles. The number of anilines is 1. The van der Waals surface area contributed by atoms with E-state index in [4.69, 9.17) is 9.47 Å². The topological polar surface area (TPSA) is 67.9 Å². The number of benzene rings is 2. The fourth-order valence-electron chi connectivity index (χ4n) is 3.30. The van der Waals surface area contributed by atoms with Crippen LogP contribution < -0.4 is 19.7 Å². The van der Waals surface area contributed by atoms with Crippen LogP contribution in [-0.2, 0) is 16.0 Å². The van der Waals surface area contributed by atoms with Crippen molar-refractivity contribution in [3.8, 4) is 11.5 Å². The molecule has 0 spiro atoms. The first-order valence-corrected chi connectivity index (χ1v) is 8.38. The average Bonchev–Trinajstić information content (AvgIpc) is 3.29. The number of ether oxygens (including phenoxy) is 2. The minimum absolute atomic E-state index is 0.175. The Morgan fingerprint density at radius 1 is 1.15 bits per heavy atom. The summed E-state index contributed by atoms with van der Waals surface area (Å²) >= 11 is 0. The van der Waals surface area contributed by atoms with Crippen LogP contribution in [0.15, 0.2) is 48.5 Å². The number of hydrogen-bond acceptors (Lipinski definition) is 4. The fourth-order valence-corrected chi connectivity index (χ4v) is 3.30. The summed E-state index contributed by atoms with van der Waals surface area (Å²) in [5, 5.41) is 2.64. The number of rotatable bonds is 3. The second kappa shape index (κ2) is 6.55. The number of carbonyl (C=O) groups is 2. The van der Waals surface area contributed by atoms with E-state index in [2.05, 4.69) is 5.32 Å². The van der Waals surface area contributed by atoms with E-state index in [9.17, 15) is 9.59 Å². The third-order valence-electron chi connectivity index (χ3n) is 4.58. The molecule has 1 N–H and O–H groups in total. The zero-order valence-corrected chi connectivity index (χ0v) is 14.3. The molecule has 6 nitrogen and oxygen atoms in total. The predicted octanol–water partition coefficient (Wildman–Crippen LogP) is 2.13. The van der Waals surface area contributed by atoms with Crippen LogP contribution >= 0.6 is 0 Å². The van der Waals surface area contributed by atoms with Gasteiger partial charge in [-0.3, -0.25) is 14.5 Å². The molecule has 0 aromatic heterocycles. The molecular weight excluding hydrogens is 332 g/mol. The van der Waals surface area contributed by atoms with Crippen LogP contribution in [0.5, 0.6) is 11.5 Å². The highest BCUT2D eigenvalue weighted by Crippen LogP contribution is 2.34. The van der Waals surface area contributed by atoms with Crippen molar-refractivity contribution in [1.82, 2.24) is 5.32 Å². The molecule has 2 aliphatic heterocycles. The Balaban J connectivity index is 1.60. The Morgan fingerprint density at radius 2 is 1.96 bits per heavy atom. The molecule has 0 unspecified atom stereocenters. The third kappa shape index (κ3) is 2.79. The zero-order valence-electron chi connectivity index (χ0n) is 14.3. The summed E-state index contributed by atoms with van der Waals surface area (Å²) in [5.74, 6) is 0.947. The number of para-hydroxylation sites is 1. The van der Waals surface area contributed by atoms with Gasteiger partial charge in [0.2, 0.25) is 12.7 Å². The van der Waals surface area contributed by atoms with Gasteiger partial charge in [-0.15, -0.1) is 0 Å². The van der Waals surface area contributed by atoms with E-state index in [0.29, 0.717) is 17.9 Å². The summed E-state index contributed by atoms with van der Waals surface area (Å²) in [6.45, 7) is 0.208. The number of amides is 2. The lowest BCUT2D eigenvalue weighted by Crippen LogP contribution is -2.46. The Morgan fingerprint density at radius 3 is 2.81 bits per heavy atom. The molecular formula is C20H18N2O4. The molecule has 0 fully saturated rings. The highest BCUT2D eigenvalue weighted by atomic mass is 16.7. The summed E-state index contributed by atoms with van der Waals surface area (Å²) in [4.78, 5) is 26.6. The number of likely N-dealkylation sites (N-methyl/N-ethyl adjacent to an activating group) is 1. The van der Waals surface area contributed by atoms with Gasteiger partial charge in [0.15, 0.2) is 11.5 Å². The van der Waals surface area contributed by atoms with E-state index in [1.807, 2.05) is 42.5 Å². The highest BCUT2D eigenvalue weighted by Gasteiger charge is 2.36. The zero-order chi connectivity index (χ0) is 18.1. The van der Waals surface area contributed by atoms with Gasteiger partial charge < -0.3 is 14.8 Å². The summed E-state index contributed by atoms with van der Waals surface area (Å²) in [7, 11) is 1.58. The van der Waals surface area contributed by atoms with E-state index in [1.165, 1.54) is 6.08 Å². The van der Waals surface area contributed by atoms with Crippen LogP contribution in [0.3, 0.4) is 0 Å². The molecule has 2 aromatic rings. The lowest BCUT2D eigenvalue weighted by atomic mass is 10.1. The van der Waals surface area contributed by atoms with Crippen LogP contribution in [-0.4, -0.2) is 31.7 Å². The molecule has 2 heterocycles. The van der Waals surface area contributed by atoms with Gasteiger partial charge >= 0.3 is 0 Å². The van der Waals surface area contributed by atoms with Crippen molar-refractivity contribution in [2.75, 3.05) is 18.7 Å². The SMILES string of the molecule is CNC(=O)[C@@H]1Cc2ccccc2N1C(=O)/C=C\c1ccc2c(c1)OCO2. The fraction of sp³-hybridized carbons (Fsp3) is 0.200. The normalized spacial score (nSPS) is 17.4. The molecule has 0 radical (unpaired) electrons. The molecule has 26 heavy (non-hydrogen) atoms. The summed E-state index contributed by atoms with van der Waals surface area (Å²) < 4.78 is 10.6. The van der Waals surface area contributed by atoms with Crippen LogP contribution in [0.1, 0.15) is 11.1 Å². The molecule has 0 saturated heterocycles. The lowest BCUT2D eigenvalue weighted by Gasteiger charge is -2.23. The molecule has 4 rings (SSSR count). The second-order valence-corrected chi connectivity index (χ2v) is 6.12. The number of carbonyl (C=O) groups excluding carboxylic acids is 2. The van der Waals surface area contributed by atoms with Crippen molar-refractivity contribution in [3.05, 3.63) is 59.7 Å². The summed E-state index contributed by atoms with van der Waals surface area (Å²) in [6.07, 6.45) is 3.71. The standard InChI is InChI=1S/C20H18N2O4/c1-21-20(24)16-11-14-4-2-3-5-15(14)22(16)19(23)9-7-13-6-8-17-18(10-13)26-12-25-17/h2-10,16H,11-12H2,1H3,(H,21,24)/b9-7-/t16-/m0/s1. The quantitative estimate of drug-likeness (QED) is 0.861. The maximum atomic E-state index is 12.8. The van der Waals surface area contributed by atoms with Gasteiger partial charge in [0, 0.05) is 25.2 Å². The Labute approximate surface area is 151 Å². The van der Waals surface area contributed by atoms with Gasteiger partial charge in [-0.2, -0.15) is 0 Å². The first-order chi connectivity index (χ1) is 12.7. The van der Waals surface area contributed by atoms with Gasteiger partial charge in [-0.25, -0.2) is 0 Å². The van der Waals surface area contributed by atoms with E-state index < -0.39 is 6.04 Å². The van der Waals surface area contributed by atoms with E-state index in [-0.39, 0.29) is 18.6 Å². The molecule has 2 amide bonds. The molecule has 132 valence electrons. The molecule has 1 atom stereocenters. The molecule has 6 heteroatoms. The minimum atomic E-state index is -0.536. The lowest BCUT2D eigenvalue weighted by molar-refractivity contribution is -0.124. The first kappa shape index (κ1) is 16.2. The molecule has 2 aliphatic rings. The predicted molar refractivity (Wildman–Crippen MR) is 97.1 cm³/mol. The van der Waals surface area contributed by atoms with Crippen molar-refractivity contribution >= 4 is 23.6 Å². The van der Waals surface area contributed by atoms with Gasteiger partial charge in [-0.1, -0.05) is 24.3 Å².